The predicted molar refractivity (Wildman–Crippen MR) is 254 cm³/mol. The van der Waals surface area contributed by atoms with Gasteiger partial charge in [-0.1, -0.05) is 56.0 Å². The van der Waals surface area contributed by atoms with Crippen LogP contribution < -0.4 is 5.32 Å². The third-order valence-corrected chi connectivity index (χ3v) is 6.08. The molecule has 0 bridgehead atoms. The van der Waals surface area contributed by atoms with Crippen molar-refractivity contribution in [1.29, 1.82) is 0 Å². The number of rotatable bonds is 6. The largest absolute Gasteiger partial charge is 0.333 e. The summed E-state index contributed by atoms with van der Waals surface area (Å²) in [7, 11) is 0. The lowest BCUT2D eigenvalue weighted by Gasteiger charge is -2.39. The molecule has 278 valence electrons. The number of hydrogen-bond acceptors (Lipinski definition) is 2. The number of carbonyl (C=O) groups is 1. The first-order valence-corrected chi connectivity index (χ1v) is 9.57. The van der Waals surface area contributed by atoms with Gasteiger partial charge in [0, 0.05) is 115 Å². The Hall–Kier alpha value is -0.770. The van der Waals surface area contributed by atoms with E-state index in [2.05, 4.69) is 33.0 Å². The number of benzene rings is 1. The molecule has 0 spiro atoms. The van der Waals surface area contributed by atoms with Crippen molar-refractivity contribution in [3.05, 3.63) is 33.8 Å². The molecule has 0 unspecified atom stereocenters. The highest BCUT2D eigenvalue weighted by molar-refractivity contribution is 6.43. The smallest absolute Gasteiger partial charge is 0.255 e. The van der Waals surface area contributed by atoms with E-state index in [0.29, 0.717) is 21.5 Å². The fourth-order valence-corrected chi connectivity index (χ4v) is 3.94. The van der Waals surface area contributed by atoms with Gasteiger partial charge in [0.1, 0.15) is 0 Å². The van der Waals surface area contributed by atoms with Gasteiger partial charge < -0.3 is 10.2 Å². The molecule has 1 saturated heterocycles. The molecule has 2 rings (SSSR count). The van der Waals surface area contributed by atoms with Gasteiger partial charge >= 0.3 is 0 Å². The van der Waals surface area contributed by atoms with Gasteiger partial charge in [0.2, 0.25) is 0 Å². The van der Waals surface area contributed by atoms with Gasteiger partial charge in [0.05, 0.1) is 21.7 Å². The number of amides is 1. The van der Waals surface area contributed by atoms with E-state index >= 15 is 0 Å². The van der Waals surface area contributed by atoms with Crippen LogP contribution in [0.15, 0.2) is 18.2 Å². The maximum atomic E-state index is 13.3. The summed E-state index contributed by atoms with van der Waals surface area (Å²) in [5.41, 5.74) is 0.394. The van der Waals surface area contributed by atoms with E-state index < -0.39 is 0 Å². The zero-order valence-corrected chi connectivity index (χ0v) is 16.5. The Kier molecular flexibility index (Phi) is 6.58. The SMILES string of the molecule is CCC(CC)CN(C(=O)c1cccc(Cl)c1Cl)[C@H]1CCNC1(C)C.[HH].[HH].[HH].[HH].[HH].[HH].[HH].[HH].[HH].[HH].[HH].[HH].[HH].[HH].[HH].[HH].[HH].[HH].[HH].[HH].[HH].[HH].[HH].[HH].[HH].[HH].[HH].[HH].[HH].[HH].[HH].[HH].[HH].[HH].[HH].[HH].[HH].[HH].[HH].[HH].[HH].[HH].[HH].[HH].[HH].[HH].[HH].[HH].[HH].[HH].[HH].[HH].[HH].[HH].[HH].[HH].[HH].[HH].[HH].[HH].[HH].[HH].[HH].[HH].[HH].[HH].[HH].[HH].[HH].[HH].[HH].[HH]. The molecule has 1 aromatic rings. The van der Waals surface area contributed by atoms with Crippen LogP contribution in [0.5, 0.6) is 0 Å². The Bertz CT molecular complexity index is 663. The van der Waals surface area contributed by atoms with Crippen molar-refractivity contribution in [2.24, 2.45) is 5.92 Å². The summed E-state index contributed by atoms with van der Waals surface area (Å²) in [6.07, 6.45) is 3.07. The predicted octanol–water partition coefficient (Wildman–Crippen LogP) is 22.7. The minimum atomic E-state index is -0.104. The van der Waals surface area contributed by atoms with Gasteiger partial charge in [-0.2, -0.15) is 0 Å². The van der Waals surface area contributed by atoms with Crippen molar-refractivity contribution in [3.63, 3.8) is 0 Å². The van der Waals surface area contributed by atoms with E-state index in [1.54, 1.807) is 18.2 Å². The number of nitrogens with zero attached hydrogens (tertiary/aromatic N) is 1. The fourth-order valence-electron chi connectivity index (χ4n) is 3.56. The zero-order valence-electron chi connectivity index (χ0n) is 15.0. The lowest BCUT2D eigenvalue weighted by molar-refractivity contribution is 0.0569. The summed E-state index contributed by atoms with van der Waals surface area (Å²) in [5.74, 6) is 0.472. The molecule has 3 nitrogen and oxygen atoms in total. The van der Waals surface area contributed by atoms with Crippen LogP contribution in [0.2, 0.25) is 10.0 Å². The first-order chi connectivity index (χ1) is 11.3. The number of halogens is 2. The molecule has 5 heteroatoms. The van der Waals surface area contributed by atoms with Gasteiger partial charge in [-0.3, -0.25) is 4.79 Å². The lowest BCUT2D eigenvalue weighted by Crippen LogP contribution is -2.54. The van der Waals surface area contributed by atoms with Crippen LogP contribution in [-0.2, 0) is 0 Å². The van der Waals surface area contributed by atoms with Crippen LogP contribution in [-0.4, -0.2) is 35.5 Å². The Morgan fingerprint density at radius 3 is 2.58 bits per heavy atom. The van der Waals surface area contributed by atoms with E-state index in [1.807, 2.05) is 4.90 Å². The first kappa shape index (κ1) is 19.6. The molecule has 1 atom stereocenters. The highest BCUT2D eigenvalue weighted by Crippen LogP contribution is 2.31. The molecule has 1 fully saturated rings. The van der Waals surface area contributed by atoms with Gasteiger partial charge in [-0.15, -0.1) is 0 Å². The lowest BCUT2D eigenvalue weighted by atomic mass is 9.92. The summed E-state index contributed by atoms with van der Waals surface area (Å²) >= 11 is 12.4. The molecule has 1 aliphatic rings. The second-order valence-electron chi connectivity index (χ2n) is 7.19. The molecule has 1 heterocycles. The third-order valence-electron chi connectivity index (χ3n) is 5.26. The molecule has 1 N–H and O–H groups in total. The van der Waals surface area contributed by atoms with Crippen LogP contribution in [0.3, 0.4) is 0 Å². The molecule has 0 aliphatic carbocycles. The number of hydrogen-bond donors (Lipinski definition) is 1. The molecule has 0 aromatic heterocycles. The molecule has 1 aromatic carbocycles. The van der Waals surface area contributed by atoms with Crippen LogP contribution in [0.25, 0.3) is 0 Å². The van der Waals surface area contributed by atoms with Crippen LogP contribution in [0.1, 0.15) is 160 Å². The second kappa shape index (κ2) is 8.07. The summed E-state index contributed by atoms with van der Waals surface area (Å²) in [5, 5.41) is 4.29. The quantitative estimate of drug-likeness (QED) is 0.408. The second-order valence-corrected chi connectivity index (χ2v) is 7.98. The van der Waals surface area contributed by atoms with Crippen LogP contribution in [0, 0.1) is 5.92 Å². The maximum Gasteiger partial charge on any atom is 0.255 e. The fraction of sp³-hybridized carbons (Fsp3) is 0.632. The zero-order chi connectivity index (χ0) is 17.9. The topological polar surface area (TPSA) is 32.3 Å². The van der Waals surface area contributed by atoms with Crippen molar-refractivity contribution in [2.75, 3.05) is 13.1 Å². The van der Waals surface area contributed by atoms with E-state index in [1.165, 1.54) is 0 Å². The van der Waals surface area contributed by atoms with Crippen LogP contribution >= 0.6 is 23.2 Å². The Morgan fingerprint density at radius 1 is 1.38 bits per heavy atom. The average Bonchev–Trinajstić information content (AvgIpc) is 2.90. The summed E-state index contributed by atoms with van der Waals surface area (Å²) in [6, 6.07) is 5.42. The Balaban J connectivity index is -0.00000000126. The van der Waals surface area contributed by atoms with E-state index in [9.17, 15) is 4.79 Å². The van der Waals surface area contributed by atoms with E-state index in [0.717, 1.165) is 32.4 Å². The summed E-state index contributed by atoms with van der Waals surface area (Å²) in [6.45, 7) is 10.4. The molecule has 1 aliphatic heterocycles. The van der Waals surface area contributed by atoms with Crippen molar-refractivity contribution in [3.8, 4) is 0 Å². The maximum absolute atomic E-state index is 13.3. The highest BCUT2D eigenvalue weighted by Gasteiger charge is 2.41. The minimum absolute atomic E-state index is 0. The van der Waals surface area contributed by atoms with Crippen molar-refractivity contribution in [1.82, 2.24) is 10.2 Å². The molecular weight excluding hydrogens is 343 g/mol. The van der Waals surface area contributed by atoms with Gasteiger partial charge in [-0.25, -0.2) is 0 Å². The molecular formula is C19H172Cl2N2O. The van der Waals surface area contributed by atoms with Crippen molar-refractivity contribution >= 4 is 29.1 Å². The first-order valence-electron chi connectivity index (χ1n) is 8.81. The van der Waals surface area contributed by atoms with Crippen LogP contribution in [0.4, 0.5) is 0 Å². The van der Waals surface area contributed by atoms with E-state index in [-0.39, 0.29) is 120 Å². The van der Waals surface area contributed by atoms with Crippen molar-refractivity contribution in [2.45, 2.75) is 58.5 Å². The van der Waals surface area contributed by atoms with Gasteiger partial charge in [0.25, 0.3) is 5.91 Å². The van der Waals surface area contributed by atoms with E-state index in [4.69, 9.17) is 23.2 Å². The van der Waals surface area contributed by atoms with Gasteiger partial charge in [0.15, 0.2) is 0 Å². The summed E-state index contributed by atoms with van der Waals surface area (Å²) < 4.78 is 0. The Labute approximate surface area is 262 Å². The highest BCUT2D eigenvalue weighted by atomic mass is 35.5. The standard InChI is InChI=1S/C19H28Cl2N2O.72H2/c1-5-13(6-2)12-23(16-10-11-22-19(16,3)4)18(24)14-8-7-9-15(20)17(14)21;;;;;;;;;;;;;;;;;;;;;;;;;;;;;;;;;;;;;;;;;;;;;;;;;;;;;;;;;;;;;;;;;;;;;;;;/h7-9,13,16,22H,5-6,10-12H2,1-4H3;72*1H/t16-;;;;;;;;;;;;;;;;;;;;;;;;;;;;;;;;;;;;;;;;;;;;;;;;;;;;;;;;;;;;;;;;;;;;;;;;/m0......................................................................../s1. The molecule has 0 radical (unpaired) electrons. The van der Waals surface area contributed by atoms with Gasteiger partial charge in [-0.05, 0) is 44.9 Å². The Morgan fingerprint density at radius 2 is 2.04 bits per heavy atom. The number of nitrogens with one attached hydrogen (secondary N) is 1. The molecule has 1 amide bonds. The minimum Gasteiger partial charge on any atom is -0.333 e. The third kappa shape index (κ3) is 4.07. The summed E-state index contributed by atoms with van der Waals surface area (Å²) in [4.78, 5) is 15.3. The number of carbonyl (C=O) groups excluding carboxylic acids is 1. The molecule has 0 saturated carbocycles. The normalized spacial score (nSPS) is 19.7. The molecule has 24 heavy (non-hydrogen) atoms. The monoisotopic (exact) mass is 515 g/mol. The van der Waals surface area contributed by atoms with Crippen molar-refractivity contribution < 1.29 is 108 Å². The average molecular weight is 517 g/mol.